The molecule has 1 amide bonds. The van der Waals surface area contributed by atoms with Gasteiger partial charge in [0.25, 0.3) is 5.56 Å². The van der Waals surface area contributed by atoms with Gasteiger partial charge < -0.3 is 5.32 Å². The molecule has 0 saturated heterocycles. The number of aryl methyl sites for hydroxylation is 3. The summed E-state index contributed by atoms with van der Waals surface area (Å²) in [6.45, 7) is 10.5. The lowest BCUT2D eigenvalue weighted by Gasteiger charge is -2.09. The van der Waals surface area contributed by atoms with Crippen LogP contribution in [0.25, 0.3) is 21.9 Å². The predicted octanol–water partition coefficient (Wildman–Crippen LogP) is 3.85. The van der Waals surface area contributed by atoms with Gasteiger partial charge in [-0.1, -0.05) is 32.0 Å². The Morgan fingerprint density at radius 2 is 1.94 bits per heavy atom. The lowest BCUT2D eigenvalue weighted by atomic mass is 10.1. The number of nitrogens with one attached hydrogen (secondary N) is 1. The molecule has 3 aromatic heterocycles. The van der Waals surface area contributed by atoms with Gasteiger partial charge in [0.1, 0.15) is 5.69 Å². The molecule has 32 heavy (non-hydrogen) atoms. The minimum Gasteiger partial charge on any atom is -0.356 e. The molecule has 0 aliphatic carbocycles. The fraction of sp³-hybridized carbons (Fsp3) is 0.333. The molecule has 4 aromatic rings. The quantitative estimate of drug-likeness (QED) is 0.485. The van der Waals surface area contributed by atoms with E-state index in [4.69, 9.17) is 5.10 Å². The van der Waals surface area contributed by atoms with E-state index in [1.54, 1.807) is 4.40 Å². The molecule has 0 aliphatic rings. The number of carbonyl (C=O) groups is 1. The van der Waals surface area contributed by atoms with E-state index < -0.39 is 0 Å². The predicted molar refractivity (Wildman–Crippen MR) is 128 cm³/mol. The summed E-state index contributed by atoms with van der Waals surface area (Å²) in [5.41, 5.74) is 5.10. The summed E-state index contributed by atoms with van der Waals surface area (Å²) in [5, 5.41) is 9.49. The zero-order valence-electron chi connectivity index (χ0n) is 19.0. The van der Waals surface area contributed by atoms with Crippen LogP contribution in [0.3, 0.4) is 0 Å². The number of carbonyl (C=O) groups excluding carboxylic acids is 1. The van der Waals surface area contributed by atoms with Crippen molar-refractivity contribution in [2.75, 3.05) is 6.54 Å². The number of amides is 1. The second kappa shape index (κ2) is 8.70. The molecule has 0 unspecified atom stereocenters. The van der Waals surface area contributed by atoms with Crippen molar-refractivity contribution in [1.29, 1.82) is 0 Å². The third kappa shape index (κ3) is 4.10. The second-order valence-electron chi connectivity index (χ2n) is 8.47. The summed E-state index contributed by atoms with van der Waals surface area (Å²) in [7, 11) is 0. The Hall–Kier alpha value is -3.26. The monoisotopic (exact) mass is 449 g/mol. The highest BCUT2D eigenvalue weighted by molar-refractivity contribution is 7.15. The van der Waals surface area contributed by atoms with Gasteiger partial charge >= 0.3 is 0 Å². The molecule has 0 atom stereocenters. The van der Waals surface area contributed by atoms with Crippen molar-refractivity contribution in [3.8, 4) is 16.9 Å². The van der Waals surface area contributed by atoms with E-state index in [1.807, 2.05) is 75.0 Å². The molecule has 0 saturated carbocycles. The number of aromatic nitrogens is 4. The minimum atomic E-state index is -0.199. The highest BCUT2D eigenvalue weighted by atomic mass is 32.1. The SMILES string of the molecule is Cc1ccccc1-n1nc(-c2c(C)nc3scc(CC(=O)NCC(C)C)n3c2=O)cc1C. The van der Waals surface area contributed by atoms with Gasteiger partial charge in [-0.25, -0.2) is 9.67 Å². The van der Waals surface area contributed by atoms with Gasteiger partial charge in [-0.05, 0) is 44.4 Å². The van der Waals surface area contributed by atoms with Crippen molar-refractivity contribution in [2.24, 2.45) is 5.92 Å². The number of rotatable bonds is 6. The first-order chi connectivity index (χ1) is 15.3. The molecule has 0 aliphatic heterocycles. The van der Waals surface area contributed by atoms with Gasteiger partial charge in [0, 0.05) is 23.3 Å². The Morgan fingerprint density at radius 3 is 2.66 bits per heavy atom. The topological polar surface area (TPSA) is 81.3 Å². The largest absolute Gasteiger partial charge is 0.356 e. The molecule has 4 rings (SSSR count). The van der Waals surface area contributed by atoms with E-state index in [2.05, 4.69) is 10.3 Å². The van der Waals surface area contributed by atoms with E-state index in [0.29, 0.717) is 40.1 Å². The van der Waals surface area contributed by atoms with Crippen molar-refractivity contribution in [1.82, 2.24) is 24.5 Å². The molecule has 0 radical (unpaired) electrons. The molecule has 0 fully saturated rings. The van der Waals surface area contributed by atoms with Crippen molar-refractivity contribution >= 4 is 22.2 Å². The van der Waals surface area contributed by atoms with Crippen molar-refractivity contribution in [3.05, 3.63) is 68.7 Å². The maximum Gasteiger partial charge on any atom is 0.268 e. The fourth-order valence-corrected chi connectivity index (χ4v) is 4.64. The smallest absolute Gasteiger partial charge is 0.268 e. The third-order valence-electron chi connectivity index (χ3n) is 5.36. The normalized spacial score (nSPS) is 11.4. The molecule has 1 aromatic carbocycles. The lowest BCUT2D eigenvalue weighted by Crippen LogP contribution is -2.30. The van der Waals surface area contributed by atoms with Gasteiger partial charge in [0.05, 0.1) is 23.4 Å². The average Bonchev–Trinajstić information content (AvgIpc) is 3.30. The summed E-state index contributed by atoms with van der Waals surface area (Å²) in [6.07, 6.45) is 0.132. The van der Waals surface area contributed by atoms with Crippen LogP contribution in [0.5, 0.6) is 0 Å². The van der Waals surface area contributed by atoms with E-state index in [-0.39, 0.29) is 17.9 Å². The Labute approximate surface area is 190 Å². The number of fused-ring (bicyclic) bond motifs is 1. The number of nitrogens with zero attached hydrogens (tertiary/aromatic N) is 4. The molecule has 0 bridgehead atoms. The van der Waals surface area contributed by atoms with E-state index >= 15 is 0 Å². The zero-order valence-corrected chi connectivity index (χ0v) is 19.8. The van der Waals surface area contributed by atoms with Gasteiger partial charge in [0.2, 0.25) is 5.91 Å². The number of hydrogen-bond donors (Lipinski definition) is 1. The minimum absolute atomic E-state index is 0.105. The maximum atomic E-state index is 13.6. The van der Waals surface area contributed by atoms with Gasteiger partial charge in [-0.15, -0.1) is 11.3 Å². The number of hydrogen-bond acceptors (Lipinski definition) is 5. The molecule has 3 heterocycles. The van der Waals surface area contributed by atoms with Crippen molar-refractivity contribution < 1.29 is 4.79 Å². The van der Waals surface area contributed by atoms with Crippen LogP contribution in [0.2, 0.25) is 0 Å². The average molecular weight is 450 g/mol. The Balaban J connectivity index is 1.78. The Morgan fingerprint density at radius 1 is 1.19 bits per heavy atom. The number of para-hydroxylation sites is 1. The third-order valence-corrected chi connectivity index (χ3v) is 6.23. The highest BCUT2D eigenvalue weighted by Crippen LogP contribution is 2.24. The van der Waals surface area contributed by atoms with Crippen LogP contribution < -0.4 is 10.9 Å². The molecular weight excluding hydrogens is 422 g/mol. The first-order valence-electron chi connectivity index (χ1n) is 10.7. The first kappa shape index (κ1) is 22.0. The van der Waals surface area contributed by atoms with Crippen LogP contribution in [0, 0.1) is 26.7 Å². The van der Waals surface area contributed by atoms with Gasteiger partial charge in [-0.3, -0.25) is 14.0 Å². The molecular formula is C24H27N5O2S. The molecule has 0 spiro atoms. The summed E-state index contributed by atoms with van der Waals surface area (Å²) in [5.74, 6) is 0.260. The van der Waals surface area contributed by atoms with E-state index in [0.717, 1.165) is 16.9 Å². The standard InChI is InChI=1S/C24H27N5O2S/c1-14(2)12-25-21(30)11-18-13-32-24-26-17(5)22(23(31)28(18)24)19-10-16(4)29(27-19)20-9-7-6-8-15(20)3/h6-10,13-14H,11-12H2,1-5H3,(H,25,30). The van der Waals surface area contributed by atoms with E-state index in [1.165, 1.54) is 11.3 Å². The van der Waals surface area contributed by atoms with Crippen LogP contribution >= 0.6 is 11.3 Å². The second-order valence-corrected chi connectivity index (χ2v) is 9.30. The summed E-state index contributed by atoms with van der Waals surface area (Å²) in [6, 6.07) is 9.91. The van der Waals surface area contributed by atoms with Crippen LogP contribution in [0.1, 0.15) is 36.5 Å². The summed E-state index contributed by atoms with van der Waals surface area (Å²) in [4.78, 5) is 31.1. The van der Waals surface area contributed by atoms with Crippen LogP contribution in [0.15, 0.2) is 40.5 Å². The van der Waals surface area contributed by atoms with E-state index in [9.17, 15) is 9.59 Å². The fourth-order valence-electron chi connectivity index (χ4n) is 3.71. The van der Waals surface area contributed by atoms with Gasteiger partial charge in [-0.2, -0.15) is 5.10 Å². The summed E-state index contributed by atoms with van der Waals surface area (Å²) >= 11 is 1.37. The van der Waals surface area contributed by atoms with Crippen molar-refractivity contribution in [2.45, 2.75) is 41.0 Å². The molecule has 166 valence electrons. The highest BCUT2D eigenvalue weighted by Gasteiger charge is 2.20. The van der Waals surface area contributed by atoms with Crippen LogP contribution in [0.4, 0.5) is 0 Å². The Bertz CT molecular complexity index is 1360. The number of thiazole rings is 1. The zero-order chi connectivity index (χ0) is 23.0. The molecule has 8 heteroatoms. The molecule has 7 nitrogen and oxygen atoms in total. The van der Waals surface area contributed by atoms with Crippen LogP contribution in [-0.2, 0) is 11.2 Å². The van der Waals surface area contributed by atoms with Crippen molar-refractivity contribution in [3.63, 3.8) is 0 Å². The summed E-state index contributed by atoms with van der Waals surface area (Å²) < 4.78 is 3.40. The molecule has 1 N–H and O–H groups in total. The maximum absolute atomic E-state index is 13.6. The van der Waals surface area contributed by atoms with Crippen LogP contribution in [-0.4, -0.2) is 31.6 Å². The Kier molecular flexibility index (Phi) is 5.97. The number of benzene rings is 1. The van der Waals surface area contributed by atoms with Gasteiger partial charge in [0.15, 0.2) is 4.96 Å². The first-order valence-corrected chi connectivity index (χ1v) is 11.5. The lowest BCUT2D eigenvalue weighted by molar-refractivity contribution is -0.120.